The van der Waals surface area contributed by atoms with Gasteiger partial charge in [-0.25, -0.2) is 5.48 Å². The summed E-state index contributed by atoms with van der Waals surface area (Å²) < 4.78 is 0. The van der Waals surface area contributed by atoms with Crippen molar-refractivity contribution in [2.24, 2.45) is 0 Å². The maximum atomic E-state index is 10.3. The normalized spacial score (nSPS) is 24.9. The lowest BCUT2D eigenvalue weighted by Gasteiger charge is -2.57. The SMILES string of the molecule is CCCCN(c1nc(NO)nc(N(CCCC)C2CC(C)(C)N(OC3CCCCC3)C(C)(C)C2)n1)C1CC(C)(C)N(OC2CCCCC2)C(C)(C)C1. The van der Waals surface area contributed by atoms with Gasteiger partial charge in [0.2, 0.25) is 11.9 Å². The summed E-state index contributed by atoms with van der Waals surface area (Å²) in [6.07, 6.45) is 20.8. The van der Waals surface area contributed by atoms with Gasteiger partial charge in [0.25, 0.3) is 5.95 Å². The van der Waals surface area contributed by atoms with Crippen LogP contribution in [0.1, 0.15) is 185 Å². The third kappa shape index (κ3) is 9.89. The molecular weight excluding hydrogens is 653 g/mol. The van der Waals surface area contributed by atoms with Crippen LogP contribution in [0.5, 0.6) is 0 Å². The zero-order valence-corrected chi connectivity index (χ0v) is 34.8. The van der Waals surface area contributed by atoms with Crippen LogP contribution in [0.15, 0.2) is 0 Å². The number of hydrogen-bond donors (Lipinski definition) is 2. The summed E-state index contributed by atoms with van der Waals surface area (Å²) in [6, 6.07) is 0.401. The van der Waals surface area contributed by atoms with Gasteiger partial charge in [0.05, 0.1) is 12.2 Å². The maximum Gasteiger partial charge on any atom is 0.253 e. The Labute approximate surface area is 316 Å². The molecule has 0 bridgehead atoms. The van der Waals surface area contributed by atoms with Crippen LogP contribution in [-0.2, 0) is 9.68 Å². The summed E-state index contributed by atoms with van der Waals surface area (Å²) in [5.74, 6) is 1.49. The first kappa shape index (κ1) is 41.4. The molecule has 0 atom stereocenters. The van der Waals surface area contributed by atoms with E-state index in [0.29, 0.717) is 24.1 Å². The minimum Gasteiger partial charge on any atom is -0.337 e. The highest BCUT2D eigenvalue weighted by Gasteiger charge is 2.51. The van der Waals surface area contributed by atoms with E-state index in [4.69, 9.17) is 24.6 Å². The molecule has 52 heavy (non-hydrogen) atoms. The molecule has 2 N–H and O–H groups in total. The standard InChI is InChI=1S/C41H76N8O3/c1-11-13-25-46(31-27-38(3,4)48(39(5,6)28-31)51-33-21-17-15-18-22-33)36-42-35(45-50)43-37(44-36)47(26-14-12-2)32-29-40(7,8)49(41(9,10)30-32)52-34-23-19-16-20-24-34/h31-34,50H,11-30H2,1-10H3,(H,42,43,44,45). The number of nitrogens with one attached hydrogen (secondary N) is 1. The Balaban J connectivity index is 1.45. The molecule has 3 heterocycles. The molecule has 0 spiro atoms. The smallest absolute Gasteiger partial charge is 0.253 e. The van der Waals surface area contributed by atoms with Crippen molar-refractivity contribution >= 4 is 17.8 Å². The van der Waals surface area contributed by atoms with Crippen LogP contribution in [0, 0.1) is 0 Å². The fourth-order valence-corrected chi connectivity index (χ4v) is 10.3. The van der Waals surface area contributed by atoms with Crippen molar-refractivity contribution in [3.8, 4) is 0 Å². The summed E-state index contributed by atoms with van der Waals surface area (Å²) in [4.78, 5) is 33.7. The Bertz CT molecular complexity index is 1140. The predicted octanol–water partition coefficient (Wildman–Crippen LogP) is 9.46. The summed E-state index contributed by atoms with van der Waals surface area (Å²) in [5.41, 5.74) is 1.61. The largest absolute Gasteiger partial charge is 0.337 e. The highest BCUT2D eigenvalue weighted by atomic mass is 16.7. The molecule has 1 aromatic heterocycles. The van der Waals surface area contributed by atoms with E-state index in [9.17, 15) is 5.21 Å². The van der Waals surface area contributed by atoms with Crippen molar-refractivity contribution < 1.29 is 14.9 Å². The van der Waals surface area contributed by atoms with Gasteiger partial charge in [0.15, 0.2) is 0 Å². The third-order valence-corrected chi connectivity index (χ3v) is 12.4. The lowest BCUT2D eigenvalue weighted by Crippen LogP contribution is -2.65. The van der Waals surface area contributed by atoms with E-state index in [1.807, 2.05) is 0 Å². The number of piperidine rings is 2. The molecule has 0 aromatic carbocycles. The lowest BCUT2D eigenvalue weighted by atomic mass is 9.78. The average Bonchev–Trinajstić information content (AvgIpc) is 3.08. The van der Waals surface area contributed by atoms with Crippen molar-refractivity contribution in [1.29, 1.82) is 0 Å². The van der Waals surface area contributed by atoms with Gasteiger partial charge in [0, 0.05) is 47.3 Å². The van der Waals surface area contributed by atoms with Crippen molar-refractivity contribution in [3.63, 3.8) is 0 Å². The molecule has 2 aliphatic heterocycles. The molecule has 2 saturated heterocycles. The summed E-state index contributed by atoms with van der Waals surface area (Å²) in [7, 11) is 0. The predicted molar refractivity (Wildman–Crippen MR) is 212 cm³/mol. The number of hydroxylamine groups is 4. The molecular formula is C41H76N8O3. The molecule has 0 radical (unpaired) electrons. The van der Waals surface area contributed by atoms with E-state index in [2.05, 4.69) is 94.6 Å². The molecule has 11 nitrogen and oxygen atoms in total. The van der Waals surface area contributed by atoms with Crippen LogP contribution in [0.25, 0.3) is 0 Å². The molecule has 0 unspecified atom stereocenters. The minimum absolute atomic E-state index is 0.180. The fourth-order valence-electron chi connectivity index (χ4n) is 10.3. The van der Waals surface area contributed by atoms with Crippen molar-refractivity contribution in [2.45, 2.75) is 231 Å². The molecule has 4 aliphatic rings. The second kappa shape index (κ2) is 17.3. The molecule has 2 aliphatic carbocycles. The van der Waals surface area contributed by atoms with Crippen LogP contribution in [0.2, 0.25) is 0 Å². The van der Waals surface area contributed by atoms with Gasteiger partial charge < -0.3 is 9.80 Å². The summed E-state index contributed by atoms with van der Waals surface area (Å²) >= 11 is 0. The zero-order valence-electron chi connectivity index (χ0n) is 34.8. The minimum atomic E-state index is -0.180. The van der Waals surface area contributed by atoms with Gasteiger partial charge >= 0.3 is 0 Å². The first-order valence-corrected chi connectivity index (χ1v) is 21.2. The van der Waals surface area contributed by atoms with E-state index < -0.39 is 0 Å². The molecule has 2 saturated carbocycles. The molecule has 5 rings (SSSR count). The molecule has 0 amide bonds. The van der Waals surface area contributed by atoms with Gasteiger partial charge in [-0.2, -0.15) is 25.1 Å². The average molecular weight is 729 g/mol. The Hall–Kier alpha value is -1.79. The molecule has 4 fully saturated rings. The van der Waals surface area contributed by atoms with Crippen LogP contribution >= 0.6 is 0 Å². The first-order valence-electron chi connectivity index (χ1n) is 21.2. The van der Waals surface area contributed by atoms with Crippen LogP contribution in [-0.4, -0.2) is 89.8 Å². The number of aromatic nitrogens is 3. The highest BCUT2D eigenvalue weighted by Crippen LogP contribution is 2.45. The second-order valence-electron chi connectivity index (χ2n) is 19.2. The van der Waals surface area contributed by atoms with Crippen LogP contribution in [0.3, 0.4) is 0 Å². The van der Waals surface area contributed by atoms with E-state index in [1.54, 1.807) is 0 Å². The number of unbranched alkanes of at least 4 members (excludes halogenated alkanes) is 2. The number of nitrogens with zero attached hydrogens (tertiary/aromatic N) is 7. The summed E-state index contributed by atoms with van der Waals surface area (Å²) in [5, 5.41) is 15.0. The summed E-state index contributed by atoms with van der Waals surface area (Å²) in [6.45, 7) is 24.9. The number of rotatable bonds is 15. The Morgan fingerprint density at radius 3 is 1.25 bits per heavy atom. The third-order valence-electron chi connectivity index (χ3n) is 12.4. The first-order chi connectivity index (χ1) is 24.6. The van der Waals surface area contributed by atoms with Crippen LogP contribution in [0.4, 0.5) is 17.8 Å². The van der Waals surface area contributed by atoms with E-state index in [-0.39, 0.29) is 40.2 Å². The van der Waals surface area contributed by atoms with E-state index >= 15 is 0 Å². The Morgan fingerprint density at radius 2 is 0.942 bits per heavy atom. The van der Waals surface area contributed by atoms with Crippen molar-refractivity contribution in [1.82, 2.24) is 25.1 Å². The zero-order chi connectivity index (χ0) is 37.7. The van der Waals surface area contributed by atoms with Crippen molar-refractivity contribution in [2.75, 3.05) is 28.4 Å². The Kier molecular flexibility index (Phi) is 13.8. The Morgan fingerprint density at radius 1 is 0.596 bits per heavy atom. The monoisotopic (exact) mass is 729 g/mol. The molecule has 11 heteroatoms. The van der Waals surface area contributed by atoms with Gasteiger partial charge in [-0.05, 0) is 120 Å². The van der Waals surface area contributed by atoms with E-state index in [1.165, 1.54) is 38.5 Å². The molecule has 298 valence electrons. The lowest BCUT2D eigenvalue weighted by molar-refractivity contribution is -0.310. The maximum absolute atomic E-state index is 10.3. The fraction of sp³-hybridized carbons (Fsp3) is 0.927. The quantitative estimate of drug-likeness (QED) is 0.169. The second-order valence-corrected chi connectivity index (χ2v) is 19.2. The number of anilines is 3. The number of hydrogen-bond acceptors (Lipinski definition) is 11. The van der Waals surface area contributed by atoms with Crippen LogP contribution < -0.4 is 15.3 Å². The van der Waals surface area contributed by atoms with E-state index in [0.717, 1.165) is 90.1 Å². The van der Waals surface area contributed by atoms with Gasteiger partial charge in [-0.1, -0.05) is 65.2 Å². The van der Waals surface area contributed by atoms with Gasteiger partial charge in [0.1, 0.15) is 0 Å². The van der Waals surface area contributed by atoms with Gasteiger partial charge in [-0.15, -0.1) is 0 Å². The topological polar surface area (TPSA) is 102 Å². The van der Waals surface area contributed by atoms with Crippen molar-refractivity contribution in [3.05, 3.63) is 0 Å². The highest BCUT2D eigenvalue weighted by molar-refractivity contribution is 5.46. The molecule has 1 aromatic rings. The van der Waals surface area contributed by atoms with Gasteiger partial charge in [-0.3, -0.25) is 14.9 Å².